The van der Waals surface area contributed by atoms with Crippen LogP contribution in [0.15, 0.2) is 24.3 Å². The molecule has 0 spiro atoms. The summed E-state index contributed by atoms with van der Waals surface area (Å²) in [6.45, 7) is 0. The molecule has 20 heavy (non-hydrogen) atoms. The second-order valence-corrected chi connectivity index (χ2v) is 7.42. The highest BCUT2D eigenvalue weighted by molar-refractivity contribution is 8.36. The molecule has 0 fully saturated rings. The predicted octanol–water partition coefficient (Wildman–Crippen LogP) is 3.30. The monoisotopic (exact) mass is 346 g/mol. The Kier molecular flexibility index (Phi) is 4.90. The lowest BCUT2D eigenvalue weighted by atomic mass is 10.1. The van der Waals surface area contributed by atoms with E-state index < -0.39 is 10.2 Å². The Morgan fingerprint density at radius 2 is 1.70 bits per heavy atom. The maximum atomic E-state index is 12.0. The third-order valence-electron chi connectivity index (χ3n) is 2.47. The largest absolute Gasteiger partial charge is 0.482 e. The van der Waals surface area contributed by atoms with E-state index in [0.717, 1.165) is 23.5 Å². The topological polar surface area (TPSA) is 44.8 Å². The second kappa shape index (κ2) is 6.30. The van der Waals surface area contributed by atoms with Gasteiger partial charge in [-0.2, -0.15) is 0 Å². The summed E-state index contributed by atoms with van der Waals surface area (Å²) in [5.41, 5.74) is 1.18. The van der Waals surface area contributed by atoms with Gasteiger partial charge in [0.15, 0.2) is 0 Å². The van der Waals surface area contributed by atoms with Gasteiger partial charge in [0, 0.05) is 5.56 Å². The Morgan fingerprint density at radius 3 is 2.25 bits per heavy atom. The SMILES string of the molecule is COC(=S)SC1(SC(=S)OC)OC(=O)c2ccccc21. The third kappa shape index (κ3) is 2.93. The molecule has 0 aromatic heterocycles. The summed E-state index contributed by atoms with van der Waals surface area (Å²) in [7, 11) is 2.93. The molecule has 0 bridgehead atoms. The van der Waals surface area contributed by atoms with Gasteiger partial charge in [-0.1, -0.05) is 18.2 Å². The van der Waals surface area contributed by atoms with Crippen LogP contribution in [0.25, 0.3) is 0 Å². The van der Waals surface area contributed by atoms with Gasteiger partial charge in [-0.3, -0.25) is 0 Å². The minimum absolute atomic E-state index is 0.251. The van der Waals surface area contributed by atoms with Crippen molar-refractivity contribution in [2.24, 2.45) is 0 Å². The van der Waals surface area contributed by atoms with Crippen LogP contribution in [0.5, 0.6) is 0 Å². The molecule has 1 aromatic rings. The van der Waals surface area contributed by atoms with Crippen molar-refractivity contribution in [1.29, 1.82) is 0 Å². The Hall–Kier alpha value is -0.830. The van der Waals surface area contributed by atoms with Gasteiger partial charge in [0.25, 0.3) is 0 Å². The first-order valence-electron chi connectivity index (χ1n) is 5.39. The number of cyclic esters (lactones) is 1. The summed E-state index contributed by atoms with van der Waals surface area (Å²) in [4.78, 5) is 12.0. The summed E-state index contributed by atoms with van der Waals surface area (Å²) < 4.78 is 14.9. The van der Waals surface area contributed by atoms with Gasteiger partial charge in [-0.25, -0.2) is 4.79 Å². The minimum atomic E-state index is -1.10. The van der Waals surface area contributed by atoms with Gasteiger partial charge < -0.3 is 14.2 Å². The van der Waals surface area contributed by atoms with Crippen LogP contribution in [0.2, 0.25) is 0 Å². The molecule has 1 aromatic carbocycles. The fourth-order valence-electron chi connectivity index (χ4n) is 1.64. The highest BCUT2D eigenvalue weighted by Gasteiger charge is 2.49. The highest BCUT2D eigenvalue weighted by Crippen LogP contribution is 2.54. The fourth-order valence-corrected chi connectivity index (χ4v) is 4.69. The van der Waals surface area contributed by atoms with Crippen molar-refractivity contribution >= 4 is 62.7 Å². The molecule has 1 aliphatic heterocycles. The zero-order valence-electron chi connectivity index (χ0n) is 10.6. The number of rotatable bonds is 2. The number of ether oxygens (including phenoxy) is 3. The normalized spacial score (nSPS) is 15.2. The van der Waals surface area contributed by atoms with Gasteiger partial charge in [0.1, 0.15) is 0 Å². The van der Waals surface area contributed by atoms with Gasteiger partial charge in [-0.15, -0.1) is 0 Å². The number of carbonyl (C=O) groups is 1. The first-order valence-corrected chi connectivity index (χ1v) is 7.84. The van der Waals surface area contributed by atoms with E-state index in [9.17, 15) is 4.79 Å². The molecule has 0 saturated heterocycles. The maximum Gasteiger partial charge on any atom is 0.340 e. The lowest BCUT2D eigenvalue weighted by molar-refractivity contribution is 0.0475. The molecular weight excluding hydrogens is 336 g/mol. The third-order valence-corrected chi connectivity index (χ3v) is 5.62. The molecule has 0 atom stereocenters. The molecule has 1 aliphatic rings. The molecule has 1 heterocycles. The Bertz CT molecular complexity index is 554. The van der Waals surface area contributed by atoms with Crippen LogP contribution in [0.4, 0.5) is 0 Å². The number of hydrogen-bond donors (Lipinski definition) is 0. The van der Waals surface area contributed by atoms with Gasteiger partial charge >= 0.3 is 5.97 Å². The van der Waals surface area contributed by atoms with Crippen LogP contribution in [-0.4, -0.2) is 29.0 Å². The van der Waals surface area contributed by atoms with E-state index in [1.807, 2.05) is 6.07 Å². The Balaban J connectivity index is 2.45. The van der Waals surface area contributed by atoms with Crippen molar-refractivity contribution in [3.63, 3.8) is 0 Å². The van der Waals surface area contributed by atoms with E-state index in [0.29, 0.717) is 11.1 Å². The van der Waals surface area contributed by atoms with Gasteiger partial charge in [-0.05, 0) is 54.0 Å². The number of thioether (sulfide) groups is 2. The fraction of sp³-hybridized carbons (Fsp3) is 0.250. The summed E-state index contributed by atoms with van der Waals surface area (Å²) in [5, 5.41) is 0. The van der Waals surface area contributed by atoms with E-state index in [1.54, 1.807) is 18.2 Å². The number of hydrogen-bond acceptors (Lipinski definition) is 8. The zero-order valence-corrected chi connectivity index (χ0v) is 13.8. The van der Waals surface area contributed by atoms with Crippen molar-refractivity contribution < 1.29 is 19.0 Å². The van der Waals surface area contributed by atoms with E-state index in [-0.39, 0.29) is 8.77 Å². The summed E-state index contributed by atoms with van der Waals surface area (Å²) in [6, 6.07) is 7.10. The molecule has 0 amide bonds. The van der Waals surface area contributed by atoms with Crippen molar-refractivity contribution in [3.8, 4) is 0 Å². The number of fused-ring (bicyclic) bond motifs is 1. The van der Waals surface area contributed by atoms with Crippen LogP contribution in [0.1, 0.15) is 15.9 Å². The van der Waals surface area contributed by atoms with Crippen LogP contribution in [0, 0.1) is 0 Å². The molecule has 2 rings (SSSR count). The van der Waals surface area contributed by atoms with Crippen molar-refractivity contribution in [2.45, 2.75) is 4.27 Å². The van der Waals surface area contributed by atoms with Crippen LogP contribution >= 0.6 is 48.0 Å². The quantitative estimate of drug-likeness (QED) is 0.459. The number of carbonyl (C=O) groups excluding carboxylic acids is 1. The Labute approximate surface area is 135 Å². The first kappa shape index (κ1) is 15.6. The number of thiocarbonyl (C=S) groups is 2. The number of benzene rings is 1. The maximum absolute atomic E-state index is 12.0. The number of methoxy groups -OCH3 is 2. The van der Waals surface area contributed by atoms with Crippen LogP contribution in [-0.2, 0) is 18.5 Å². The lowest BCUT2D eigenvalue weighted by Crippen LogP contribution is -2.22. The summed E-state index contributed by atoms with van der Waals surface area (Å²) >= 11 is 12.4. The predicted molar refractivity (Wildman–Crippen MR) is 87.9 cm³/mol. The van der Waals surface area contributed by atoms with Gasteiger partial charge in [0.2, 0.25) is 13.0 Å². The first-order chi connectivity index (χ1) is 9.52. The molecule has 106 valence electrons. The number of esters is 1. The molecule has 0 radical (unpaired) electrons. The molecule has 4 nitrogen and oxygen atoms in total. The van der Waals surface area contributed by atoms with E-state index in [1.165, 1.54) is 14.2 Å². The van der Waals surface area contributed by atoms with Crippen molar-refractivity contribution in [2.75, 3.05) is 14.2 Å². The van der Waals surface area contributed by atoms with E-state index >= 15 is 0 Å². The second-order valence-electron chi connectivity index (χ2n) is 3.60. The average molecular weight is 346 g/mol. The molecule has 0 N–H and O–H groups in total. The standard InChI is InChI=1S/C12H10O4S4/c1-14-10(17)19-12(20-11(18)15-2)8-6-4-3-5-7(8)9(13)16-12/h3-6H,1-2H3. The lowest BCUT2D eigenvalue weighted by Gasteiger charge is -2.26. The average Bonchev–Trinajstić information content (AvgIpc) is 2.72. The van der Waals surface area contributed by atoms with E-state index in [4.69, 9.17) is 38.6 Å². The van der Waals surface area contributed by atoms with Crippen molar-refractivity contribution in [3.05, 3.63) is 35.4 Å². The van der Waals surface area contributed by atoms with Crippen LogP contribution < -0.4 is 0 Å². The summed E-state index contributed by atoms with van der Waals surface area (Å²) in [5.74, 6) is -0.418. The highest BCUT2D eigenvalue weighted by atomic mass is 32.2. The van der Waals surface area contributed by atoms with Gasteiger partial charge in [0.05, 0.1) is 19.8 Å². The van der Waals surface area contributed by atoms with Crippen molar-refractivity contribution in [1.82, 2.24) is 0 Å². The van der Waals surface area contributed by atoms with Crippen LogP contribution in [0.3, 0.4) is 0 Å². The van der Waals surface area contributed by atoms with E-state index in [2.05, 4.69) is 0 Å². The molecule has 0 saturated carbocycles. The summed E-state index contributed by atoms with van der Waals surface area (Å²) in [6.07, 6.45) is 0. The molecule has 0 aliphatic carbocycles. The molecule has 0 unspecified atom stereocenters. The Morgan fingerprint density at radius 1 is 1.15 bits per heavy atom. The smallest absolute Gasteiger partial charge is 0.340 e. The molecular formula is C12H10O4S4. The minimum Gasteiger partial charge on any atom is -0.482 e. The molecule has 8 heteroatoms. The zero-order chi connectivity index (χ0) is 14.8.